The van der Waals surface area contributed by atoms with E-state index in [0.29, 0.717) is 0 Å². The van der Waals surface area contributed by atoms with Gasteiger partial charge in [-0.25, -0.2) is 0 Å². The maximum atomic E-state index is 3.72. The predicted octanol–water partition coefficient (Wildman–Crippen LogP) is 1.69. The van der Waals surface area contributed by atoms with Crippen molar-refractivity contribution in [3.8, 4) is 0 Å². The van der Waals surface area contributed by atoms with Gasteiger partial charge in [0.25, 0.3) is 0 Å². The fraction of sp³-hybridized carbons (Fsp3) is 1.00. The zero-order chi connectivity index (χ0) is 12.8. The molecule has 0 aromatic rings. The van der Waals surface area contributed by atoms with Crippen LogP contribution in [0.1, 0.15) is 46.5 Å². The van der Waals surface area contributed by atoms with E-state index in [1.54, 1.807) is 0 Å². The lowest BCUT2D eigenvalue weighted by Crippen LogP contribution is -2.65. The number of nitrogens with one attached hydrogen (secondary N) is 1. The van der Waals surface area contributed by atoms with Gasteiger partial charge in [0, 0.05) is 43.3 Å². The van der Waals surface area contributed by atoms with Crippen molar-refractivity contribution in [3.63, 3.8) is 0 Å². The summed E-state index contributed by atoms with van der Waals surface area (Å²) in [6.07, 6.45) is 5.54. The fourth-order valence-corrected chi connectivity index (χ4v) is 4.36. The van der Waals surface area contributed by atoms with E-state index in [0.717, 1.165) is 18.1 Å². The molecule has 0 saturated carbocycles. The molecular formula is C15H29N3. The van der Waals surface area contributed by atoms with E-state index in [9.17, 15) is 0 Å². The van der Waals surface area contributed by atoms with Crippen LogP contribution in [-0.2, 0) is 0 Å². The highest BCUT2D eigenvalue weighted by Gasteiger charge is 2.44. The second-order valence-corrected chi connectivity index (χ2v) is 7.10. The van der Waals surface area contributed by atoms with Gasteiger partial charge in [-0.3, -0.25) is 9.80 Å². The van der Waals surface area contributed by atoms with Gasteiger partial charge in [0.2, 0.25) is 0 Å². The van der Waals surface area contributed by atoms with E-state index in [4.69, 9.17) is 0 Å². The van der Waals surface area contributed by atoms with Crippen molar-refractivity contribution in [2.75, 3.05) is 26.2 Å². The summed E-state index contributed by atoms with van der Waals surface area (Å²) in [5, 5.41) is 3.72. The highest BCUT2D eigenvalue weighted by Crippen LogP contribution is 2.34. The van der Waals surface area contributed by atoms with Crippen LogP contribution in [0, 0.1) is 0 Å². The summed E-state index contributed by atoms with van der Waals surface area (Å²) < 4.78 is 0. The summed E-state index contributed by atoms with van der Waals surface area (Å²) in [6.45, 7) is 12.1. The van der Waals surface area contributed by atoms with Gasteiger partial charge >= 0.3 is 0 Å². The lowest BCUT2D eigenvalue weighted by Gasteiger charge is -2.48. The summed E-state index contributed by atoms with van der Waals surface area (Å²) in [7, 11) is 0. The highest BCUT2D eigenvalue weighted by atomic mass is 15.3. The molecule has 3 unspecified atom stereocenters. The Morgan fingerprint density at radius 2 is 2.00 bits per heavy atom. The van der Waals surface area contributed by atoms with E-state index in [1.807, 2.05) is 0 Å². The van der Waals surface area contributed by atoms with Gasteiger partial charge in [-0.1, -0.05) is 6.92 Å². The number of rotatable bonds is 2. The number of hydrogen-bond donors (Lipinski definition) is 1. The molecule has 3 saturated heterocycles. The molecule has 1 N–H and O–H groups in total. The molecule has 3 aliphatic rings. The van der Waals surface area contributed by atoms with Gasteiger partial charge in [0.05, 0.1) is 0 Å². The molecule has 3 fully saturated rings. The number of piperazine rings is 1. The molecule has 104 valence electrons. The van der Waals surface area contributed by atoms with Crippen LogP contribution in [0.4, 0.5) is 0 Å². The van der Waals surface area contributed by atoms with Crippen molar-refractivity contribution in [1.29, 1.82) is 0 Å². The third-order valence-corrected chi connectivity index (χ3v) is 5.33. The van der Waals surface area contributed by atoms with Gasteiger partial charge < -0.3 is 5.32 Å². The molecule has 0 amide bonds. The Morgan fingerprint density at radius 1 is 1.17 bits per heavy atom. The summed E-state index contributed by atoms with van der Waals surface area (Å²) >= 11 is 0. The van der Waals surface area contributed by atoms with Gasteiger partial charge in [-0.05, 0) is 46.1 Å². The van der Waals surface area contributed by atoms with Crippen molar-refractivity contribution in [1.82, 2.24) is 15.1 Å². The minimum absolute atomic E-state index is 0.289. The molecule has 0 aromatic carbocycles. The molecule has 3 heterocycles. The number of nitrogens with zero attached hydrogens (tertiary/aromatic N) is 2. The van der Waals surface area contributed by atoms with E-state index in [1.165, 1.54) is 51.9 Å². The molecule has 3 atom stereocenters. The molecule has 3 nitrogen and oxygen atoms in total. The van der Waals surface area contributed by atoms with Crippen molar-refractivity contribution in [3.05, 3.63) is 0 Å². The zero-order valence-electron chi connectivity index (χ0n) is 12.3. The molecule has 3 aliphatic heterocycles. The Kier molecular flexibility index (Phi) is 3.41. The zero-order valence-corrected chi connectivity index (χ0v) is 12.3. The minimum Gasteiger partial charge on any atom is -0.309 e. The van der Waals surface area contributed by atoms with Gasteiger partial charge in [0.15, 0.2) is 0 Å². The van der Waals surface area contributed by atoms with Crippen LogP contribution >= 0.6 is 0 Å². The molecule has 3 heteroatoms. The van der Waals surface area contributed by atoms with E-state index >= 15 is 0 Å². The van der Waals surface area contributed by atoms with Crippen molar-refractivity contribution >= 4 is 0 Å². The van der Waals surface area contributed by atoms with Crippen molar-refractivity contribution in [2.24, 2.45) is 0 Å². The standard InChI is InChI=1S/C15H29N3/c1-4-12-10-16-15(2,3)11-18(12)14-7-9-17-8-5-6-13(14)17/h12-14,16H,4-11H2,1-3H3. The number of fused-ring (bicyclic) bond motifs is 1. The third-order valence-electron chi connectivity index (χ3n) is 5.33. The summed E-state index contributed by atoms with van der Waals surface area (Å²) in [6, 6.07) is 2.45. The Balaban J connectivity index is 1.75. The van der Waals surface area contributed by atoms with Crippen LogP contribution in [0.5, 0.6) is 0 Å². The first kappa shape index (κ1) is 12.9. The second kappa shape index (κ2) is 4.77. The monoisotopic (exact) mass is 251 g/mol. The molecule has 3 rings (SSSR count). The van der Waals surface area contributed by atoms with Crippen LogP contribution in [0.15, 0.2) is 0 Å². The average molecular weight is 251 g/mol. The maximum absolute atomic E-state index is 3.72. The largest absolute Gasteiger partial charge is 0.309 e. The molecular weight excluding hydrogens is 222 g/mol. The fourth-order valence-electron chi connectivity index (χ4n) is 4.36. The van der Waals surface area contributed by atoms with Crippen molar-refractivity contribution < 1.29 is 0 Å². The SMILES string of the molecule is CCC1CNC(C)(C)CN1C1CCN2CCCC12. The smallest absolute Gasteiger partial charge is 0.0268 e. The van der Waals surface area contributed by atoms with Crippen LogP contribution in [0.3, 0.4) is 0 Å². The summed E-state index contributed by atoms with van der Waals surface area (Å²) in [4.78, 5) is 5.60. The van der Waals surface area contributed by atoms with E-state index < -0.39 is 0 Å². The first-order chi connectivity index (χ1) is 8.61. The highest BCUT2D eigenvalue weighted by molar-refractivity contribution is 5.02. The van der Waals surface area contributed by atoms with Crippen LogP contribution in [-0.4, -0.2) is 59.6 Å². The summed E-state index contributed by atoms with van der Waals surface area (Å²) in [5.41, 5.74) is 0.289. The lowest BCUT2D eigenvalue weighted by molar-refractivity contribution is 0.0404. The van der Waals surface area contributed by atoms with Gasteiger partial charge in [0.1, 0.15) is 0 Å². The minimum atomic E-state index is 0.289. The van der Waals surface area contributed by atoms with Crippen molar-refractivity contribution in [2.45, 2.75) is 70.1 Å². The normalized spacial score (nSPS) is 41.2. The topological polar surface area (TPSA) is 18.5 Å². The van der Waals surface area contributed by atoms with Gasteiger partial charge in [-0.15, -0.1) is 0 Å². The Morgan fingerprint density at radius 3 is 2.78 bits per heavy atom. The number of hydrogen-bond acceptors (Lipinski definition) is 3. The average Bonchev–Trinajstić information content (AvgIpc) is 2.89. The maximum Gasteiger partial charge on any atom is 0.0268 e. The van der Waals surface area contributed by atoms with E-state index in [-0.39, 0.29) is 5.54 Å². The Bertz CT molecular complexity index is 302. The third kappa shape index (κ3) is 2.21. The molecule has 0 aliphatic carbocycles. The van der Waals surface area contributed by atoms with Crippen LogP contribution in [0.25, 0.3) is 0 Å². The first-order valence-electron chi connectivity index (χ1n) is 7.85. The molecule has 18 heavy (non-hydrogen) atoms. The quantitative estimate of drug-likeness (QED) is 0.806. The second-order valence-electron chi connectivity index (χ2n) is 7.10. The van der Waals surface area contributed by atoms with E-state index in [2.05, 4.69) is 35.9 Å². The van der Waals surface area contributed by atoms with Crippen LogP contribution < -0.4 is 5.32 Å². The predicted molar refractivity (Wildman–Crippen MR) is 75.9 cm³/mol. The molecule has 0 spiro atoms. The molecule has 0 bridgehead atoms. The Labute approximate surface area is 112 Å². The van der Waals surface area contributed by atoms with Gasteiger partial charge in [-0.2, -0.15) is 0 Å². The molecule has 0 aromatic heterocycles. The summed E-state index contributed by atoms with van der Waals surface area (Å²) in [5.74, 6) is 0. The van der Waals surface area contributed by atoms with Crippen LogP contribution in [0.2, 0.25) is 0 Å². The molecule has 0 radical (unpaired) electrons. The Hall–Kier alpha value is -0.120. The first-order valence-corrected chi connectivity index (χ1v) is 7.85. The lowest BCUT2D eigenvalue weighted by atomic mass is 9.93.